The highest BCUT2D eigenvalue weighted by Gasteiger charge is 2.74. The van der Waals surface area contributed by atoms with Crippen molar-refractivity contribution in [1.29, 1.82) is 0 Å². The van der Waals surface area contributed by atoms with Gasteiger partial charge in [0.1, 0.15) is 11.9 Å². The van der Waals surface area contributed by atoms with Crippen LogP contribution in [0, 0.1) is 28.6 Å². The zero-order valence-corrected chi connectivity index (χ0v) is 19.6. The lowest BCUT2D eigenvalue weighted by Crippen LogP contribution is -2.70. The minimum atomic E-state index is -1.09. The van der Waals surface area contributed by atoms with E-state index in [0.29, 0.717) is 31.3 Å². The molecule has 0 bridgehead atoms. The normalized spacial score (nSPS) is 47.0. The second-order valence-corrected chi connectivity index (χ2v) is 11.0. The molecule has 0 aromatic heterocycles. The van der Waals surface area contributed by atoms with Crippen LogP contribution in [0.5, 0.6) is 0 Å². The number of ether oxygens (including phenoxy) is 1. The van der Waals surface area contributed by atoms with Gasteiger partial charge in [0.2, 0.25) is 0 Å². The van der Waals surface area contributed by atoms with Crippen LogP contribution in [-0.2, 0) is 14.3 Å². The number of hydrogen-bond donors (Lipinski definition) is 2. The summed E-state index contributed by atoms with van der Waals surface area (Å²) in [6.45, 7) is 9.33. The van der Waals surface area contributed by atoms with E-state index >= 15 is 0 Å². The van der Waals surface area contributed by atoms with Gasteiger partial charge in [-0.15, -0.1) is 0 Å². The van der Waals surface area contributed by atoms with E-state index in [9.17, 15) is 19.8 Å². The monoisotopic (exact) mass is 430 g/mol. The summed E-state index contributed by atoms with van der Waals surface area (Å²) in [5.41, 5.74) is -0.451. The number of carbonyl (C=O) groups excluding carboxylic acids is 2. The summed E-state index contributed by atoms with van der Waals surface area (Å²) in [6.07, 6.45) is 8.12. The Morgan fingerprint density at radius 2 is 1.90 bits per heavy atom. The first-order valence-electron chi connectivity index (χ1n) is 11.9. The molecule has 4 aliphatic rings. The zero-order valence-electron chi connectivity index (χ0n) is 19.6. The van der Waals surface area contributed by atoms with Gasteiger partial charge in [-0.1, -0.05) is 31.6 Å². The molecule has 0 aromatic rings. The van der Waals surface area contributed by atoms with Crippen molar-refractivity contribution in [2.24, 2.45) is 28.6 Å². The first-order chi connectivity index (χ1) is 14.5. The molecule has 0 spiro atoms. The molecule has 0 amide bonds. The van der Waals surface area contributed by atoms with Crippen molar-refractivity contribution in [2.75, 3.05) is 0 Å². The fourth-order valence-corrected chi connectivity index (χ4v) is 7.83. The maximum absolute atomic E-state index is 12.8. The molecule has 0 radical (unpaired) electrons. The summed E-state index contributed by atoms with van der Waals surface area (Å²) in [5, 5.41) is 22.6. The van der Waals surface area contributed by atoms with Gasteiger partial charge < -0.3 is 14.9 Å². The Labute approximate surface area is 185 Å². The van der Waals surface area contributed by atoms with E-state index in [1.54, 1.807) is 19.9 Å². The molecule has 0 heterocycles. The van der Waals surface area contributed by atoms with Crippen LogP contribution in [-0.4, -0.2) is 39.8 Å². The number of Topliss-reactive ketones (excluding diaryl/α,β-unsaturated/α-hetero) is 1. The summed E-state index contributed by atoms with van der Waals surface area (Å²) in [4.78, 5) is 25.5. The van der Waals surface area contributed by atoms with Crippen molar-refractivity contribution in [2.45, 2.75) is 97.4 Å². The number of aliphatic hydroxyl groups is 2. The number of ketones is 1. The smallest absolute Gasteiger partial charge is 0.333 e. The summed E-state index contributed by atoms with van der Waals surface area (Å²) in [7, 11) is 0. The molecule has 8 atom stereocenters. The maximum Gasteiger partial charge on any atom is 0.333 e. The van der Waals surface area contributed by atoms with Crippen LogP contribution in [0.15, 0.2) is 23.3 Å². The third-order valence-corrected chi connectivity index (χ3v) is 9.84. The molecular weight excluding hydrogens is 392 g/mol. The molecule has 3 saturated carbocycles. The maximum atomic E-state index is 12.8. The van der Waals surface area contributed by atoms with Crippen LogP contribution in [0.4, 0.5) is 0 Å². The van der Waals surface area contributed by atoms with Gasteiger partial charge in [-0.2, -0.15) is 0 Å². The van der Waals surface area contributed by atoms with E-state index in [4.69, 9.17) is 4.74 Å². The summed E-state index contributed by atoms with van der Waals surface area (Å²) < 4.78 is 6.11. The van der Waals surface area contributed by atoms with Crippen LogP contribution in [0.3, 0.4) is 0 Å². The van der Waals surface area contributed by atoms with Crippen LogP contribution in [0.1, 0.15) is 79.6 Å². The Morgan fingerprint density at radius 3 is 2.55 bits per heavy atom. The van der Waals surface area contributed by atoms with Gasteiger partial charge in [-0.05, 0) is 77.6 Å². The summed E-state index contributed by atoms with van der Waals surface area (Å²) >= 11 is 0. The van der Waals surface area contributed by atoms with Gasteiger partial charge in [-0.3, -0.25) is 4.79 Å². The minimum Gasteiger partial charge on any atom is -0.458 e. The van der Waals surface area contributed by atoms with Crippen molar-refractivity contribution in [3.05, 3.63) is 23.3 Å². The van der Waals surface area contributed by atoms with E-state index in [0.717, 1.165) is 19.3 Å². The molecule has 5 nitrogen and oxygen atoms in total. The SMILES string of the molecule is C/C=C(\C)C(=O)O[C@@H]1C[C@@H]2[C@@H]3CC[C@H](O)CC3=CC[C@@]2(C)[C@@]2(O)CC[C@H](C(C)=O)[C@@]12C. The second-order valence-electron chi connectivity index (χ2n) is 11.0. The second kappa shape index (κ2) is 7.55. The average Bonchev–Trinajstić information content (AvgIpc) is 3.02. The Hall–Kier alpha value is -1.46. The van der Waals surface area contributed by atoms with Gasteiger partial charge in [0.25, 0.3) is 0 Å². The predicted molar refractivity (Wildman–Crippen MR) is 118 cm³/mol. The molecule has 0 aliphatic heterocycles. The van der Waals surface area contributed by atoms with Crippen LogP contribution >= 0.6 is 0 Å². The molecule has 0 unspecified atom stereocenters. The standard InChI is InChI=1S/C26H38O5/c1-6-15(2)23(29)31-22-14-21-19-8-7-18(28)13-17(19)9-11-24(21,4)26(30)12-10-20(16(3)27)25(22,26)5/h6,9,18-22,28,30H,7-8,10-14H2,1-5H3/b15-6+/t18-,19+,20+,21+,22+,24+,25-,26-/m0/s1. The third-order valence-electron chi connectivity index (χ3n) is 9.84. The predicted octanol–water partition coefficient (Wildman–Crippen LogP) is 4.12. The quantitative estimate of drug-likeness (QED) is 0.400. The molecule has 0 saturated heterocycles. The Bertz CT molecular complexity index is 843. The molecule has 2 N–H and O–H groups in total. The van der Waals surface area contributed by atoms with Crippen molar-refractivity contribution in [3.63, 3.8) is 0 Å². The Kier molecular flexibility index (Phi) is 5.54. The topological polar surface area (TPSA) is 83.8 Å². The van der Waals surface area contributed by atoms with E-state index in [-0.39, 0.29) is 41.0 Å². The third kappa shape index (κ3) is 3.02. The van der Waals surface area contributed by atoms with Gasteiger partial charge in [0.15, 0.2) is 0 Å². The molecular formula is C26H38O5. The highest BCUT2D eigenvalue weighted by atomic mass is 16.5. The molecule has 31 heavy (non-hydrogen) atoms. The Morgan fingerprint density at radius 1 is 1.19 bits per heavy atom. The molecule has 3 fully saturated rings. The lowest BCUT2D eigenvalue weighted by Gasteiger charge is -2.65. The number of fused-ring (bicyclic) bond motifs is 5. The van der Waals surface area contributed by atoms with E-state index in [1.165, 1.54) is 5.57 Å². The lowest BCUT2D eigenvalue weighted by atomic mass is 9.42. The number of rotatable bonds is 3. The molecule has 0 aromatic carbocycles. The number of allylic oxidation sites excluding steroid dienone is 2. The Balaban J connectivity index is 1.81. The number of carbonyl (C=O) groups is 2. The van der Waals surface area contributed by atoms with E-state index < -0.39 is 17.1 Å². The van der Waals surface area contributed by atoms with Gasteiger partial charge in [-0.25, -0.2) is 4.79 Å². The first kappa shape index (κ1) is 22.7. The van der Waals surface area contributed by atoms with E-state index in [2.05, 4.69) is 13.0 Å². The van der Waals surface area contributed by atoms with Crippen molar-refractivity contribution >= 4 is 11.8 Å². The average molecular weight is 431 g/mol. The first-order valence-corrected chi connectivity index (χ1v) is 11.9. The van der Waals surface area contributed by atoms with Crippen LogP contribution in [0.2, 0.25) is 0 Å². The van der Waals surface area contributed by atoms with Crippen molar-refractivity contribution in [3.8, 4) is 0 Å². The molecule has 5 heteroatoms. The van der Waals surface area contributed by atoms with Crippen molar-refractivity contribution in [1.82, 2.24) is 0 Å². The summed E-state index contributed by atoms with van der Waals surface area (Å²) in [5.74, 6) is -0.169. The largest absolute Gasteiger partial charge is 0.458 e. The summed E-state index contributed by atoms with van der Waals surface area (Å²) in [6, 6.07) is 0. The lowest BCUT2D eigenvalue weighted by molar-refractivity contribution is -0.258. The fourth-order valence-electron chi connectivity index (χ4n) is 7.83. The molecule has 4 aliphatic carbocycles. The van der Waals surface area contributed by atoms with E-state index in [1.807, 2.05) is 13.8 Å². The van der Waals surface area contributed by atoms with Crippen molar-refractivity contribution < 1.29 is 24.5 Å². The molecule has 4 rings (SSSR count). The van der Waals surface area contributed by atoms with Gasteiger partial charge >= 0.3 is 5.97 Å². The highest BCUT2D eigenvalue weighted by Crippen LogP contribution is 2.70. The highest BCUT2D eigenvalue weighted by molar-refractivity contribution is 5.88. The van der Waals surface area contributed by atoms with Gasteiger partial charge in [0.05, 0.1) is 11.7 Å². The number of esters is 1. The zero-order chi connectivity index (χ0) is 22.8. The van der Waals surface area contributed by atoms with Crippen LogP contribution < -0.4 is 0 Å². The minimum absolute atomic E-state index is 0.0668. The molecule has 172 valence electrons. The van der Waals surface area contributed by atoms with Gasteiger partial charge in [0, 0.05) is 22.3 Å². The number of aliphatic hydroxyl groups excluding tert-OH is 1. The fraction of sp³-hybridized carbons (Fsp3) is 0.769. The number of hydrogen-bond acceptors (Lipinski definition) is 5. The van der Waals surface area contributed by atoms with Crippen LogP contribution in [0.25, 0.3) is 0 Å².